The molecule has 0 amide bonds. The minimum atomic E-state index is -0.566. The lowest BCUT2D eigenvalue weighted by Gasteiger charge is -2.55. The van der Waals surface area contributed by atoms with Crippen molar-refractivity contribution in [2.45, 2.75) is 78.6 Å². The van der Waals surface area contributed by atoms with Gasteiger partial charge in [-0.05, 0) is 66.4 Å². The van der Waals surface area contributed by atoms with Gasteiger partial charge in [0.2, 0.25) is 0 Å². The number of fused-ring (bicyclic) bond motifs is 4. The van der Waals surface area contributed by atoms with Gasteiger partial charge in [-0.25, -0.2) is 4.79 Å². The van der Waals surface area contributed by atoms with Gasteiger partial charge in [-0.1, -0.05) is 26.8 Å². The van der Waals surface area contributed by atoms with Gasteiger partial charge in [0.15, 0.2) is 5.78 Å². The lowest BCUT2D eigenvalue weighted by Crippen LogP contribution is -2.54. The first-order valence-electron chi connectivity index (χ1n) is 11.9. The average Bonchev–Trinajstić information content (AvgIpc) is 3.18. The summed E-state index contributed by atoms with van der Waals surface area (Å²) in [5, 5.41) is 0. The maximum absolute atomic E-state index is 13.8. The minimum Gasteiger partial charge on any atom is -0.462 e. The molecular weight excluding hydrogens is 392 g/mol. The molecule has 3 saturated carbocycles. The number of ether oxygens (including phenoxy) is 1. The summed E-state index contributed by atoms with van der Waals surface area (Å²) in [6, 6.07) is 0. The molecule has 0 saturated heterocycles. The Labute approximate surface area is 183 Å². The van der Waals surface area contributed by atoms with Crippen LogP contribution in [0.15, 0.2) is 22.8 Å². The van der Waals surface area contributed by atoms with Crippen LogP contribution in [0, 0.1) is 28.1 Å². The van der Waals surface area contributed by atoms with E-state index in [0.717, 1.165) is 36.8 Å². The Bertz CT molecular complexity index is 970. The maximum Gasteiger partial charge on any atom is 0.342 e. The minimum absolute atomic E-state index is 0.0140. The van der Waals surface area contributed by atoms with Gasteiger partial charge in [-0.3, -0.25) is 14.4 Å². The van der Waals surface area contributed by atoms with Gasteiger partial charge in [0.05, 0.1) is 12.0 Å². The quantitative estimate of drug-likeness (QED) is 0.499. The summed E-state index contributed by atoms with van der Waals surface area (Å²) in [5.41, 5.74) is 0.844. The molecule has 5 rings (SSSR count). The summed E-state index contributed by atoms with van der Waals surface area (Å²) in [6.07, 6.45) is 8.01. The van der Waals surface area contributed by atoms with Crippen LogP contribution in [-0.2, 0) is 23.9 Å². The van der Waals surface area contributed by atoms with Crippen molar-refractivity contribution in [3.8, 4) is 0 Å². The van der Waals surface area contributed by atoms with Crippen molar-refractivity contribution in [3.63, 3.8) is 0 Å². The van der Waals surface area contributed by atoms with E-state index in [1.165, 1.54) is 0 Å². The number of esters is 1. The molecule has 5 heteroatoms. The Kier molecular flexibility index (Phi) is 4.52. The summed E-state index contributed by atoms with van der Waals surface area (Å²) >= 11 is 0. The Morgan fingerprint density at radius 1 is 1.10 bits per heavy atom. The van der Waals surface area contributed by atoms with Crippen molar-refractivity contribution in [1.29, 1.82) is 0 Å². The number of hydrogen-bond donors (Lipinski definition) is 0. The van der Waals surface area contributed by atoms with Gasteiger partial charge in [0, 0.05) is 25.2 Å². The molecule has 0 aromatic carbocycles. The molecule has 0 bridgehead atoms. The molecule has 4 unspecified atom stereocenters. The lowest BCUT2D eigenvalue weighted by molar-refractivity contribution is -0.146. The lowest BCUT2D eigenvalue weighted by atomic mass is 9.46. The van der Waals surface area contributed by atoms with E-state index in [1.54, 1.807) is 0 Å². The number of ketones is 3. The van der Waals surface area contributed by atoms with Gasteiger partial charge in [-0.15, -0.1) is 0 Å². The SMILES string of the molecule is CCCOC(=O)C1=C2C3=CC[C@@]4(C)CCC(=O)C34CCC2C2(C)CCC(=O)CC2C1=O. The zero-order valence-electron chi connectivity index (χ0n) is 18.8. The molecule has 0 aromatic rings. The van der Waals surface area contributed by atoms with Crippen LogP contribution in [-0.4, -0.2) is 29.9 Å². The molecule has 31 heavy (non-hydrogen) atoms. The Hall–Kier alpha value is -2.04. The molecule has 166 valence electrons. The predicted molar refractivity (Wildman–Crippen MR) is 114 cm³/mol. The molecule has 1 spiro atoms. The number of rotatable bonds is 3. The van der Waals surface area contributed by atoms with E-state index in [-0.39, 0.29) is 52.7 Å². The molecule has 0 aromatic heterocycles. The van der Waals surface area contributed by atoms with Crippen LogP contribution in [0.2, 0.25) is 0 Å². The summed E-state index contributed by atoms with van der Waals surface area (Å²) in [4.78, 5) is 52.6. The highest BCUT2D eigenvalue weighted by Crippen LogP contribution is 2.71. The second-order valence-corrected chi connectivity index (χ2v) is 10.9. The van der Waals surface area contributed by atoms with Gasteiger partial charge in [0.25, 0.3) is 0 Å². The summed E-state index contributed by atoms with van der Waals surface area (Å²) < 4.78 is 5.48. The van der Waals surface area contributed by atoms with Gasteiger partial charge in [0.1, 0.15) is 17.1 Å². The fourth-order valence-corrected chi connectivity index (χ4v) is 7.72. The van der Waals surface area contributed by atoms with Crippen molar-refractivity contribution < 1.29 is 23.9 Å². The van der Waals surface area contributed by atoms with Crippen molar-refractivity contribution in [2.24, 2.45) is 28.1 Å². The smallest absolute Gasteiger partial charge is 0.342 e. The van der Waals surface area contributed by atoms with E-state index in [9.17, 15) is 19.2 Å². The van der Waals surface area contributed by atoms with E-state index in [0.29, 0.717) is 25.7 Å². The number of hydrogen-bond acceptors (Lipinski definition) is 5. The van der Waals surface area contributed by atoms with Crippen molar-refractivity contribution in [1.82, 2.24) is 0 Å². The number of allylic oxidation sites excluding steroid dienone is 3. The predicted octanol–water partition coefficient (Wildman–Crippen LogP) is 4.29. The third kappa shape index (κ3) is 2.49. The molecule has 0 radical (unpaired) electrons. The molecule has 5 atom stereocenters. The van der Waals surface area contributed by atoms with Crippen molar-refractivity contribution >= 4 is 23.3 Å². The highest BCUT2D eigenvalue weighted by atomic mass is 16.5. The maximum atomic E-state index is 13.8. The molecule has 5 aliphatic rings. The van der Waals surface area contributed by atoms with Crippen LogP contribution in [0.4, 0.5) is 0 Å². The molecule has 0 N–H and O–H groups in total. The number of Topliss-reactive ketones (excluding diaryl/α,β-unsaturated/α-hetero) is 3. The first-order valence-corrected chi connectivity index (χ1v) is 11.9. The van der Waals surface area contributed by atoms with Gasteiger partial charge >= 0.3 is 5.97 Å². The molecule has 5 aliphatic carbocycles. The van der Waals surface area contributed by atoms with E-state index < -0.39 is 17.3 Å². The highest BCUT2D eigenvalue weighted by molar-refractivity contribution is 6.21. The topological polar surface area (TPSA) is 77.5 Å². The van der Waals surface area contributed by atoms with E-state index in [1.807, 2.05) is 6.92 Å². The Morgan fingerprint density at radius 2 is 1.87 bits per heavy atom. The number of carbonyl (C=O) groups is 4. The van der Waals surface area contributed by atoms with E-state index in [4.69, 9.17) is 4.74 Å². The third-order valence-corrected chi connectivity index (χ3v) is 9.51. The largest absolute Gasteiger partial charge is 0.462 e. The normalized spacial score (nSPS) is 41.4. The summed E-state index contributed by atoms with van der Waals surface area (Å²) in [7, 11) is 0. The summed E-state index contributed by atoms with van der Waals surface area (Å²) in [5.74, 6) is -0.881. The van der Waals surface area contributed by atoms with E-state index in [2.05, 4.69) is 19.9 Å². The average molecular weight is 425 g/mol. The van der Waals surface area contributed by atoms with Crippen molar-refractivity contribution in [2.75, 3.05) is 6.61 Å². The standard InChI is InChI=1S/C26H32O5/c1-4-13-31-23(30)21-20-16(25(3)11-5-15(27)14-18(25)22(21)29)7-12-26-17(20)6-9-24(26,2)10-8-19(26)28/h6,16,18H,4-5,7-14H2,1-3H3/t16?,18?,24-,25?,26?/m0/s1. The van der Waals surface area contributed by atoms with E-state index >= 15 is 0 Å². The van der Waals surface area contributed by atoms with Gasteiger partial charge in [-0.2, -0.15) is 0 Å². The van der Waals surface area contributed by atoms with Crippen LogP contribution in [0.1, 0.15) is 78.6 Å². The zero-order chi connectivity index (χ0) is 22.2. The van der Waals surface area contributed by atoms with Crippen LogP contribution in [0.5, 0.6) is 0 Å². The van der Waals surface area contributed by atoms with Crippen LogP contribution in [0.25, 0.3) is 0 Å². The fourth-order valence-electron chi connectivity index (χ4n) is 7.72. The molecule has 3 fully saturated rings. The first-order chi connectivity index (χ1) is 14.7. The zero-order valence-corrected chi connectivity index (χ0v) is 18.8. The molecular formula is C26H32O5. The highest BCUT2D eigenvalue weighted by Gasteiger charge is 2.67. The van der Waals surface area contributed by atoms with Crippen molar-refractivity contribution in [3.05, 3.63) is 22.8 Å². The monoisotopic (exact) mass is 424 g/mol. The summed E-state index contributed by atoms with van der Waals surface area (Å²) in [6.45, 7) is 6.51. The van der Waals surface area contributed by atoms with Crippen LogP contribution in [0.3, 0.4) is 0 Å². The number of carbonyl (C=O) groups excluding carboxylic acids is 4. The van der Waals surface area contributed by atoms with Gasteiger partial charge < -0.3 is 4.74 Å². The molecule has 5 nitrogen and oxygen atoms in total. The molecule has 0 aliphatic heterocycles. The van der Waals surface area contributed by atoms with Crippen LogP contribution >= 0.6 is 0 Å². The second kappa shape index (κ2) is 6.73. The first kappa shape index (κ1) is 20.8. The third-order valence-electron chi connectivity index (χ3n) is 9.51. The second-order valence-electron chi connectivity index (χ2n) is 10.9. The molecule has 0 heterocycles. The van der Waals surface area contributed by atoms with Crippen LogP contribution < -0.4 is 0 Å². The fraction of sp³-hybridized carbons (Fsp3) is 0.692. The Balaban J connectivity index is 1.72. The Morgan fingerprint density at radius 3 is 2.61 bits per heavy atom.